The van der Waals surface area contributed by atoms with Gasteiger partial charge < -0.3 is 20.3 Å². The Bertz CT molecular complexity index is 525. The highest BCUT2D eigenvalue weighted by atomic mass is 127. The standard InChI is InChI=1S/C20H35FN4O.HI/c1-6-22-20(23-13-7-8-14-25(5)16(2)3)24-15-17(4)26-19-11-9-18(21)10-12-19;/h9-12,16-17H,6-8,13-15H2,1-5H3,(H2,22,23,24);1H. The Labute approximate surface area is 181 Å². The van der Waals surface area contributed by atoms with Gasteiger partial charge >= 0.3 is 0 Å². The molecule has 0 fully saturated rings. The van der Waals surface area contributed by atoms with Crippen molar-refractivity contribution in [2.75, 3.05) is 33.2 Å². The maximum atomic E-state index is 12.9. The van der Waals surface area contributed by atoms with Gasteiger partial charge in [-0.05, 0) is 78.4 Å². The van der Waals surface area contributed by atoms with Crippen molar-refractivity contribution in [3.63, 3.8) is 0 Å². The highest BCUT2D eigenvalue weighted by molar-refractivity contribution is 14.0. The first-order valence-electron chi connectivity index (χ1n) is 9.57. The van der Waals surface area contributed by atoms with Crippen LogP contribution in [0.15, 0.2) is 29.3 Å². The summed E-state index contributed by atoms with van der Waals surface area (Å²) in [4.78, 5) is 6.93. The summed E-state index contributed by atoms with van der Waals surface area (Å²) in [5.74, 6) is 1.20. The Morgan fingerprint density at radius 2 is 1.81 bits per heavy atom. The zero-order valence-corrected chi connectivity index (χ0v) is 19.6. The molecule has 1 aromatic carbocycles. The third-order valence-corrected chi connectivity index (χ3v) is 4.11. The molecule has 1 atom stereocenters. The molecule has 0 spiro atoms. The van der Waals surface area contributed by atoms with Gasteiger partial charge in [0.25, 0.3) is 0 Å². The molecule has 0 aliphatic heterocycles. The zero-order valence-electron chi connectivity index (χ0n) is 17.3. The molecule has 7 heteroatoms. The lowest BCUT2D eigenvalue weighted by atomic mass is 10.2. The van der Waals surface area contributed by atoms with Gasteiger partial charge in [0.2, 0.25) is 0 Å². The molecular formula is C20H36FIN4O. The lowest BCUT2D eigenvalue weighted by Gasteiger charge is -2.20. The molecule has 0 aliphatic carbocycles. The number of rotatable bonds is 11. The fourth-order valence-corrected chi connectivity index (χ4v) is 2.30. The Kier molecular flexibility index (Phi) is 14.3. The van der Waals surface area contributed by atoms with Crippen molar-refractivity contribution in [1.29, 1.82) is 0 Å². The van der Waals surface area contributed by atoms with E-state index in [4.69, 9.17) is 4.74 Å². The number of ether oxygens (including phenoxy) is 1. The smallest absolute Gasteiger partial charge is 0.191 e. The van der Waals surface area contributed by atoms with E-state index in [-0.39, 0.29) is 35.9 Å². The van der Waals surface area contributed by atoms with Crippen LogP contribution in [0.1, 0.15) is 40.5 Å². The molecule has 5 nitrogen and oxygen atoms in total. The summed E-state index contributed by atoms with van der Waals surface area (Å²) in [6.07, 6.45) is 2.17. The van der Waals surface area contributed by atoms with Crippen molar-refractivity contribution in [3.05, 3.63) is 30.1 Å². The predicted molar refractivity (Wildman–Crippen MR) is 123 cm³/mol. The van der Waals surface area contributed by atoms with Crippen LogP contribution in [0, 0.1) is 5.82 Å². The van der Waals surface area contributed by atoms with Gasteiger partial charge in [0.05, 0.1) is 6.54 Å². The number of aliphatic imine (C=N–C) groups is 1. The van der Waals surface area contributed by atoms with Crippen LogP contribution in [-0.2, 0) is 0 Å². The SMILES string of the molecule is CCNC(=NCC(C)Oc1ccc(F)cc1)NCCCCN(C)C(C)C.I. The van der Waals surface area contributed by atoms with Gasteiger partial charge in [0.1, 0.15) is 17.7 Å². The molecule has 27 heavy (non-hydrogen) atoms. The molecular weight excluding hydrogens is 458 g/mol. The molecule has 0 saturated carbocycles. The van der Waals surface area contributed by atoms with Crippen LogP contribution in [-0.4, -0.2) is 56.2 Å². The minimum Gasteiger partial charge on any atom is -0.489 e. The average molecular weight is 494 g/mol. The van der Waals surface area contributed by atoms with Crippen LogP contribution in [0.2, 0.25) is 0 Å². The van der Waals surface area contributed by atoms with Crippen LogP contribution in [0.3, 0.4) is 0 Å². The average Bonchev–Trinajstić information content (AvgIpc) is 2.61. The van der Waals surface area contributed by atoms with Gasteiger partial charge in [0, 0.05) is 19.1 Å². The number of halogens is 2. The third-order valence-electron chi connectivity index (χ3n) is 4.11. The van der Waals surface area contributed by atoms with E-state index in [1.807, 2.05) is 13.8 Å². The number of hydrogen-bond acceptors (Lipinski definition) is 3. The lowest BCUT2D eigenvalue weighted by molar-refractivity contribution is 0.230. The number of guanidine groups is 1. The number of hydrogen-bond donors (Lipinski definition) is 2. The minimum absolute atomic E-state index is 0. The van der Waals surface area contributed by atoms with Crippen LogP contribution in [0.5, 0.6) is 5.75 Å². The second-order valence-electron chi connectivity index (χ2n) is 6.81. The quantitative estimate of drug-likeness (QED) is 0.212. The molecule has 0 aliphatic rings. The van der Waals surface area contributed by atoms with Gasteiger partial charge in [-0.25, -0.2) is 9.38 Å². The van der Waals surface area contributed by atoms with Crippen molar-refractivity contribution in [3.8, 4) is 5.75 Å². The molecule has 1 rings (SSSR count). The summed E-state index contributed by atoms with van der Waals surface area (Å²) in [7, 11) is 2.16. The molecule has 1 unspecified atom stereocenters. The van der Waals surface area contributed by atoms with Gasteiger partial charge in [-0.2, -0.15) is 0 Å². The van der Waals surface area contributed by atoms with E-state index in [1.165, 1.54) is 12.1 Å². The molecule has 2 N–H and O–H groups in total. The highest BCUT2D eigenvalue weighted by Crippen LogP contribution is 2.13. The van der Waals surface area contributed by atoms with Crippen molar-refractivity contribution >= 4 is 29.9 Å². The molecule has 0 aromatic heterocycles. The first-order chi connectivity index (χ1) is 12.4. The molecule has 0 saturated heterocycles. The van der Waals surface area contributed by atoms with Gasteiger partial charge in [-0.1, -0.05) is 0 Å². The van der Waals surface area contributed by atoms with Crippen molar-refractivity contribution in [2.24, 2.45) is 4.99 Å². The highest BCUT2D eigenvalue weighted by Gasteiger charge is 2.05. The lowest BCUT2D eigenvalue weighted by Crippen LogP contribution is -2.38. The predicted octanol–water partition coefficient (Wildman–Crippen LogP) is 3.89. The fourth-order valence-electron chi connectivity index (χ4n) is 2.30. The van der Waals surface area contributed by atoms with Gasteiger partial charge in [-0.15, -0.1) is 24.0 Å². The molecule has 0 radical (unpaired) electrons. The first kappa shape index (κ1) is 25.9. The van der Waals surface area contributed by atoms with Crippen LogP contribution in [0.4, 0.5) is 4.39 Å². The van der Waals surface area contributed by atoms with Crippen molar-refractivity contribution in [2.45, 2.75) is 52.7 Å². The first-order valence-corrected chi connectivity index (χ1v) is 9.57. The largest absolute Gasteiger partial charge is 0.489 e. The maximum Gasteiger partial charge on any atom is 0.191 e. The number of nitrogens with zero attached hydrogens (tertiary/aromatic N) is 2. The topological polar surface area (TPSA) is 48.9 Å². The Morgan fingerprint density at radius 3 is 2.41 bits per heavy atom. The number of benzene rings is 1. The molecule has 156 valence electrons. The van der Waals surface area contributed by atoms with Crippen LogP contribution >= 0.6 is 24.0 Å². The second kappa shape index (κ2) is 14.9. The Hall–Kier alpha value is -1.09. The van der Waals surface area contributed by atoms with E-state index in [1.54, 1.807) is 12.1 Å². The number of nitrogens with one attached hydrogen (secondary N) is 2. The Morgan fingerprint density at radius 1 is 1.15 bits per heavy atom. The van der Waals surface area contributed by atoms with E-state index in [2.05, 4.69) is 41.4 Å². The van der Waals surface area contributed by atoms with Gasteiger partial charge in [0.15, 0.2) is 5.96 Å². The third kappa shape index (κ3) is 12.1. The second-order valence-corrected chi connectivity index (χ2v) is 6.81. The van der Waals surface area contributed by atoms with E-state index >= 15 is 0 Å². The summed E-state index contributed by atoms with van der Waals surface area (Å²) in [6.45, 7) is 11.8. The summed E-state index contributed by atoms with van der Waals surface area (Å²) in [6, 6.07) is 6.64. The van der Waals surface area contributed by atoms with Crippen LogP contribution in [0.25, 0.3) is 0 Å². The van der Waals surface area contributed by atoms with Crippen LogP contribution < -0.4 is 15.4 Å². The summed E-state index contributed by atoms with van der Waals surface area (Å²) >= 11 is 0. The van der Waals surface area contributed by atoms with Gasteiger partial charge in [-0.3, -0.25) is 0 Å². The Balaban J connectivity index is 0.00000676. The van der Waals surface area contributed by atoms with Crippen molar-refractivity contribution < 1.29 is 9.13 Å². The normalized spacial score (nSPS) is 12.7. The van der Waals surface area contributed by atoms with E-state index in [0.717, 1.165) is 38.4 Å². The molecule has 0 heterocycles. The maximum absolute atomic E-state index is 12.9. The van der Waals surface area contributed by atoms with E-state index in [9.17, 15) is 4.39 Å². The molecule has 1 aromatic rings. The number of unbranched alkanes of at least 4 members (excludes halogenated alkanes) is 1. The molecule has 0 amide bonds. The summed E-state index contributed by atoms with van der Waals surface area (Å²) in [5.41, 5.74) is 0. The van der Waals surface area contributed by atoms with E-state index < -0.39 is 0 Å². The minimum atomic E-state index is -0.263. The van der Waals surface area contributed by atoms with E-state index in [0.29, 0.717) is 18.3 Å². The monoisotopic (exact) mass is 494 g/mol. The fraction of sp³-hybridized carbons (Fsp3) is 0.650. The zero-order chi connectivity index (χ0) is 19.4. The van der Waals surface area contributed by atoms with Crippen molar-refractivity contribution in [1.82, 2.24) is 15.5 Å². The summed E-state index contributed by atoms with van der Waals surface area (Å²) in [5, 5.41) is 6.62. The summed E-state index contributed by atoms with van der Waals surface area (Å²) < 4.78 is 18.7. The molecule has 0 bridgehead atoms.